The van der Waals surface area contributed by atoms with Gasteiger partial charge in [-0.3, -0.25) is 0 Å². The zero-order valence-corrected chi connectivity index (χ0v) is 9.57. The van der Waals surface area contributed by atoms with Crippen molar-refractivity contribution in [3.05, 3.63) is 35.5 Å². The van der Waals surface area contributed by atoms with E-state index in [-0.39, 0.29) is 0 Å². The van der Waals surface area contributed by atoms with Crippen molar-refractivity contribution in [3.63, 3.8) is 0 Å². The number of halogens is 1. The fourth-order valence-corrected chi connectivity index (χ4v) is 2.01. The average Bonchev–Trinajstić information content (AvgIpc) is 2.99. The molecule has 2 rings (SSSR count). The van der Waals surface area contributed by atoms with E-state index in [9.17, 15) is 0 Å². The van der Waals surface area contributed by atoms with E-state index in [0.717, 1.165) is 16.8 Å². The van der Waals surface area contributed by atoms with Crippen molar-refractivity contribution in [1.29, 1.82) is 0 Å². The van der Waals surface area contributed by atoms with Crippen LogP contribution >= 0.6 is 15.9 Å². The molecular weight excluding hydrogens is 240 g/mol. The first-order valence-electron chi connectivity index (χ1n) is 4.81. The van der Waals surface area contributed by atoms with Gasteiger partial charge in [0.2, 0.25) is 0 Å². The second kappa shape index (κ2) is 4.13. The van der Waals surface area contributed by atoms with Gasteiger partial charge in [0.1, 0.15) is 5.82 Å². The van der Waals surface area contributed by atoms with Gasteiger partial charge in [-0.25, -0.2) is 4.98 Å². The third kappa shape index (κ3) is 1.98. The Hall–Kier alpha value is -0.830. The van der Waals surface area contributed by atoms with E-state index in [1.165, 1.54) is 12.8 Å². The lowest BCUT2D eigenvalue weighted by Gasteiger charge is -2.22. The van der Waals surface area contributed by atoms with Gasteiger partial charge in [-0.1, -0.05) is 6.08 Å². The van der Waals surface area contributed by atoms with Gasteiger partial charge in [0.25, 0.3) is 0 Å². The van der Waals surface area contributed by atoms with E-state index in [1.54, 1.807) is 0 Å². The maximum absolute atomic E-state index is 4.39. The van der Waals surface area contributed by atoms with E-state index in [0.29, 0.717) is 6.04 Å². The summed E-state index contributed by atoms with van der Waals surface area (Å²) >= 11 is 3.52. The van der Waals surface area contributed by atoms with Gasteiger partial charge in [0, 0.05) is 18.8 Å². The molecule has 0 aliphatic heterocycles. The smallest absolute Gasteiger partial charge is 0.143 e. The van der Waals surface area contributed by atoms with Gasteiger partial charge in [-0.05, 0) is 40.9 Å². The van der Waals surface area contributed by atoms with Crippen LogP contribution in [0.5, 0.6) is 0 Å². The summed E-state index contributed by atoms with van der Waals surface area (Å²) < 4.78 is 1.06. The Balaban J connectivity index is 2.25. The van der Waals surface area contributed by atoms with Crippen LogP contribution in [0.15, 0.2) is 35.5 Å². The lowest BCUT2D eigenvalue weighted by Crippen LogP contribution is -2.26. The number of hydrogen-bond acceptors (Lipinski definition) is 2. The van der Waals surface area contributed by atoms with E-state index in [2.05, 4.69) is 32.4 Å². The molecule has 1 aliphatic carbocycles. The van der Waals surface area contributed by atoms with E-state index < -0.39 is 0 Å². The standard InChI is InChI=1S/C11H13BrN2/c1-2-8-14(9-5-6-9)11-10(12)4-3-7-13-11/h2-4,7,9H,1,5-6,8H2. The molecule has 2 nitrogen and oxygen atoms in total. The maximum atomic E-state index is 4.39. The van der Waals surface area contributed by atoms with Crippen molar-refractivity contribution in [2.75, 3.05) is 11.4 Å². The first-order chi connectivity index (χ1) is 6.83. The molecule has 1 heterocycles. The van der Waals surface area contributed by atoms with Crippen LogP contribution in [-0.2, 0) is 0 Å². The monoisotopic (exact) mass is 252 g/mol. The molecule has 0 atom stereocenters. The van der Waals surface area contributed by atoms with Crippen molar-refractivity contribution in [2.24, 2.45) is 0 Å². The summed E-state index contributed by atoms with van der Waals surface area (Å²) in [4.78, 5) is 6.69. The normalized spacial score (nSPS) is 15.2. The zero-order valence-electron chi connectivity index (χ0n) is 7.99. The van der Waals surface area contributed by atoms with Gasteiger partial charge in [0.15, 0.2) is 0 Å². The first-order valence-corrected chi connectivity index (χ1v) is 5.60. The summed E-state index contributed by atoms with van der Waals surface area (Å²) in [6.45, 7) is 4.66. The fraction of sp³-hybridized carbons (Fsp3) is 0.364. The lowest BCUT2D eigenvalue weighted by atomic mass is 10.4. The summed E-state index contributed by atoms with van der Waals surface area (Å²) in [6.07, 6.45) is 6.31. The summed E-state index contributed by atoms with van der Waals surface area (Å²) in [7, 11) is 0. The van der Waals surface area contributed by atoms with Crippen molar-refractivity contribution in [3.8, 4) is 0 Å². The van der Waals surface area contributed by atoms with Crippen molar-refractivity contribution < 1.29 is 0 Å². The van der Waals surface area contributed by atoms with Gasteiger partial charge < -0.3 is 4.90 Å². The molecule has 1 aliphatic rings. The Labute approximate surface area is 92.8 Å². The van der Waals surface area contributed by atoms with Crippen molar-refractivity contribution in [2.45, 2.75) is 18.9 Å². The molecule has 1 aromatic rings. The minimum Gasteiger partial charge on any atom is -0.349 e. The van der Waals surface area contributed by atoms with Crippen LogP contribution in [0.4, 0.5) is 5.82 Å². The van der Waals surface area contributed by atoms with Crippen LogP contribution in [-0.4, -0.2) is 17.6 Å². The molecule has 3 heteroatoms. The molecule has 0 spiro atoms. The van der Waals surface area contributed by atoms with Crippen LogP contribution in [0.3, 0.4) is 0 Å². The third-order valence-electron chi connectivity index (χ3n) is 2.32. The maximum Gasteiger partial charge on any atom is 0.143 e. The fourth-order valence-electron chi connectivity index (χ4n) is 1.52. The minimum atomic E-state index is 0.666. The molecule has 0 unspecified atom stereocenters. The van der Waals surface area contributed by atoms with Crippen LogP contribution in [0.2, 0.25) is 0 Å². The molecule has 0 saturated heterocycles. The highest BCUT2D eigenvalue weighted by atomic mass is 79.9. The topological polar surface area (TPSA) is 16.1 Å². The van der Waals surface area contributed by atoms with Crippen LogP contribution < -0.4 is 4.90 Å². The third-order valence-corrected chi connectivity index (χ3v) is 2.94. The molecule has 14 heavy (non-hydrogen) atoms. The predicted octanol–water partition coefficient (Wildman–Crippen LogP) is 3.00. The number of hydrogen-bond donors (Lipinski definition) is 0. The molecule has 0 bridgehead atoms. The highest BCUT2D eigenvalue weighted by Gasteiger charge is 2.29. The zero-order chi connectivity index (χ0) is 9.97. The van der Waals surface area contributed by atoms with Crippen molar-refractivity contribution in [1.82, 2.24) is 4.98 Å². The summed E-state index contributed by atoms with van der Waals surface area (Å²) in [5, 5.41) is 0. The number of aromatic nitrogens is 1. The first kappa shape index (κ1) is 9.71. The van der Waals surface area contributed by atoms with Crippen LogP contribution in [0.25, 0.3) is 0 Å². The summed E-state index contributed by atoms with van der Waals surface area (Å²) in [5.74, 6) is 1.04. The highest BCUT2D eigenvalue weighted by Crippen LogP contribution is 2.33. The molecule has 1 saturated carbocycles. The Morgan fingerprint density at radius 1 is 1.64 bits per heavy atom. The Bertz CT molecular complexity index is 334. The van der Waals surface area contributed by atoms with Gasteiger partial charge in [-0.2, -0.15) is 0 Å². The predicted molar refractivity (Wildman–Crippen MR) is 62.5 cm³/mol. The molecule has 1 aromatic heterocycles. The van der Waals surface area contributed by atoms with Gasteiger partial charge in [-0.15, -0.1) is 6.58 Å². The van der Waals surface area contributed by atoms with Gasteiger partial charge >= 0.3 is 0 Å². The van der Waals surface area contributed by atoms with Crippen LogP contribution in [0, 0.1) is 0 Å². The van der Waals surface area contributed by atoms with Crippen molar-refractivity contribution >= 4 is 21.7 Å². The van der Waals surface area contributed by atoms with E-state index in [4.69, 9.17) is 0 Å². The molecule has 0 N–H and O–H groups in total. The second-order valence-corrected chi connectivity index (χ2v) is 4.34. The molecular formula is C11H13BrN2. The highest BCUT2D eigenvalue weighted by molar-refractivity contribution is 9.10. The minimum absolute atomic E-state index is 0.666. The molecule has 0 radical (unpaired) electrons. The van der Waals surface area contributed by atoms with E-state index in [1.807, 2.05) is 24.4 Å². The number of rotatable bonds is 4. The quantitative estimate of drug-likeness (QED) is 0.767. The molecule has 74 valence electrons. The number of anilines is 1. The Morgan fingerprint density at radius 2 is 2.43 bits per heavy atom. The van der Waals surface area contributed by atoms with Crippen LogP contribution in [0.1, 0.15) is 12.8 Å². The summed E-state index contributed by atoms with van der Waals surface area (Å²) in [6, 6.07) is 4.63. The number of nitrogens with zero attached hydrogens (tertiary/aromatic N) is 2. The number of pyridine rings is 1. The molecule has 0 aromatic carbocycles. The Morgan fingerprint density at radius 3 is 3.00 bits per heavy atom. The molecule has 0 amide bonds. The largest absolute Gasteiger partial charge is 0.349 e. The Kier molecular flexibility index (Phi) is 2.87. The lowest BCUT2D eigenvalue weighted by molar-refractivity contribution is 0.838. The molecule has 1 fully saturated rings. The SMILES string of the molecule is C=CCN(c1ncccc1Br)C1CC1. The second-order valence-electron chi connectivity index (χ2n) is 3.48. The van der Waals surface area contributed by atoms with Gasteiger partial charge in [0.05, 0.1) is 4.47 Å². The van der Waals surface area contributed by atoms with E-state index >= 15 is 0 Å². The average molecular weight is 253 g/mol. The summed E-state index contributed by atoms with van der Waals surface area (Å²) in [5.41, 5.74) is 0.